The molecular weight excluding hydrogens is 210 g/mol. The van der Waals surface area contributed by atoms with Crippen LogP contribution in [0.5, 0.6) is 0 Å². The van der Waals surface area contributed by atoms with Crippen LogP contribution in [0, 0.1) is 0 Å². The molecular formula is C11H21NO4. The first-order valence-electron chi connectivity index (χ1n) is 5.90. The summed E-state index contributed by atoms with van der Waals surface area (Å²) in [7, 11) is 0. The van der Waals surface area contributed by atoms with Crippen LogP contribution < -0.4 is 5.32 Å². The van der Waals surface area contributed by atoms with Gasteiger partial charge < -0.3 is 19.9 Å². The van der Waals surface area contributed by atoms with E-state index in [0.717, 1.165) is 39.1 Å². The topological polar surface area (TPSA) is 67.8 Å². The molecule has 0 aromatic rings. The molecule has 1 saturated heterocycles. The molecule has 1 aliphatic heterocycles. The van der Waals surface area contributed by atoms with Gasteiger partial charge in [0.2, 0.25) is 0 Å². The first kappa shape index (κ1) is 13.4. The smallest absolute Gasteiger partial charge is 0.332 e. The fourth-order valence-corrected chi connectivity index (χ4v) is 1.74. The van der Waals surface area contributed by atoms with E-state index in [1.807, 2.05) is 6.92 Å². The number of carboxylic acids is 1. The van der Waals surface area contributed by atoms with E-state index in [4.69, 9.17) is 14.6 Å². The van der Waals surface area contributed by atoms with Crippen LogP contribution >= 0.6 is 0 Å². The molecule has 1 rings (SSSR count). The summed E-state index contributed by atoms with van der Waals surface area (Å²) in [4.78, 5) is 10.6. The Morgan fingerprint density at radius 1 is 1.56 bits per heavy atom. The van der Waals surface area contributed by atoms with Gasteiger partial charge in [0.15, 0.2) is 6.10 Å². The third-order valence-corrected chi connectivity index (χ3v) is 2.60. The van der Waals surface area contributed by atoms with E-state index in [1.165, 1.54) is 0 Å². The van der Waals surface area contributed by atoms with E-state index in [-0.39, 0.29) is 6.10 Å². The number of carbonyl (C=O) groups is 1. The normalized spacial score (nSPS) is 24.8. The van der Waals surface area contributed by atoms with Crippen molar-refractivity contribution in [1.82, 2.24) is 5.32 Å². The van der Waals surface area contributed by atoms with Gasteiger partial charge in [-0.05, 0) is 32.7 Å². The molecule has 0 aliphatic carbocycles. The van der Waals surface area contributed by atoms with Crippen molar-refractivity contribution in [2.24, 2.45) is 0 Å². The summed E-state index contributed by atoms with van der Waals surface area (Å²) in [5.74, 6) is -0.848. The lowest BCUT2D eigenvalue weighted by molar-refractivity contribution is -0.149. The average molecular weight is 231 g/mol. The van der Waals surface area contributed by atoms with Crippen LogP contribution in [0.15, 0.2) is 0 Å². The second kappa shape index (κ2) is 7.60. The van der Waals surface area contributed by atoms with Gasteiger partial charge in [-0.1, -0.05) is 0 Å². The fourth-order valence-electron chi connectivity index (χ4n) is 1.74. The van der Waals surface area contributed by atoms with Gasteiger partial charge in [-0.2, -0.15) is 0 Å². The number of carboxylic acid groups (broad SMARTS) is 1. The molecule has 1 heterocycles. The molecule has 0 aromatic heterocycles. The summed E-state index contributed by atoms with van der Waals surface area (Å²) >= 11 is 0. The maximum Gasteiger partial charge on any atom is 0.332 e. The Morgan fingerprint density at radius 2 is 2.38 bits per heavy atom. The minimum atomic E-state index is -0.848. The minimum Gasteiger partial charge on any atom is -0.479 e. The van der Waals surface area contributed by atoms with E-state index in [9.17, 15) is 4.79 Å². The van der Waals surface area contributed by atoms with Gasteiger partial charge >= 0.3 is 5.97 Å². The molecule has 1 fully saturated rings. The number of nitrogens with one attached hydrogen (secondary N) is 1. The number of hydrogen-bond donors (Lipinski definition) is 2. The summed E-state index contributed by atoms with van der Waals surface area (Å²) in [5.41, 5.74) is 0. The molecule has 0 radical (unpaired) electrons. The van der Waals surface area contributed by atoms with Gasteiger partial charge in [0, 0.05) is 19.8 Å². The largest absolute Gasteiger partial charge is 0.479 e. The highest BCUT2D eigenvalue weighted by Crippen LogP contribution is 2.18. The second-order valence-electron chi connectivity index (χ2n) is 3.92. The monoisotopic (exact) mass is 231 g/mol. The highest BCUT2D eigenvalue weighted by Gasteiger charge is 2.29. The molecule has 0 aromatic carbocycles. The quantitative estimate of drug-likeness (QED) is 0.600. The van der Waals surface area contributed by atoms with Crippen LogP contribution in [0.25, 0.3) is 0 Å². The molecule has 5 nitrogen and oxygen atoms in total. The summed E-state index contributed by atoms with van der Waals surface area (Å²) in [6.45, 7) is 5.12. The zero-order valence-corrected chi connectivity index (χ0v) is 9.78. The third kappa shape index (κ3) is 4.92. The van der Waals surface area contributed by atoms with Gasteiger partial charge in [-0.25, -0.2) is 4.79 Å². The summed E-state index contributed by atoms with van der Waals surface area (Å²) in [5, 5.41) is 12.0. The number of aliphatic carboxylic acids is 1. The van der Waals surface area contributed by atoms with Crippen LogP contribution in [-0.4, -0.2) is 49.6 Å². The van der Waals surface area contributed by atoms with Gasteiger partial charge in [0.05, 0.1) is 6.10 Å². The lowest BCUT2D eigenvalue weighted by Crippen LogP contribution is -2.29. The molecule has 2 atom stereocenters. The summed E-state index contributed by atoms with van der Waals surface area (Å²) in [6, 6.07) is 0. The van der Waals surface area contributed by atoms with E-state index < -0.39 is 12.1 Å². The number of ether oxygens (including phenoxy) is 2. The molecule has 2 N–H and O–H groups in total. The SMILES string of the molecule is CCOCCCNCC1CCC(C(=O)O)O1. The average Bonchev–Trinajstić information content (AvgIpc) is 2.72. The van der Waals surface area contributed by atoms with E-state index in [1.54, 1.807) is 0 Å². The Balaban J connectivity index is 1.96. The molecule has 0 amide bonds. The molecule has 1 aliphatic rings. The number of rotatable bonds is 8. The molecule has 0 spiro atoms. The maximum absolute atomic E-state index is 10.6. The molecule has 94 valence electrons. The van der Waals surface area contributed by atoms with Crippen molar-refractivity contribution in [1.29, 1.82) is 0 Å². The highest BCUT2D eigenvalue weighted by molar-refractivity contribution is 5.72. The Hall–Kier alpha value is -0.650. The standard InChI is InChI=1S/C11H21NO4/c1-2-15-7-3-6-12-8-9-4-5-10(16-9)11(13)14/h9-10,12H,2-8H2,1H3,(H,13,14). The fraction of sp³-hybridized carbons (Fsp3) is 0.909. The van der Waals surface area contributed by atoms with E-state index >= 15 is 0 Å². The van der Waals surface area contributed by atoms with Crippen LogP contribution in [0.4, 0.5) is 0 Å². The van der Waals surface area contributed by atoms with Crippen LogP contribution in [-0.2, 0) is 14.3 Å². The van der Waals surface area contributed by atoms with Crippen LogP contribution in [0.1, 0.15) is 26.2 Å². The molecule has 0 saturated carbocycles. The van der Waals surface area contributed by atoms with Gasteiger partial charge in [0.1, 0.15) is 0 Å². The lowest BCUT2D eigenvalue weighted by atomic mass is 10.2. The Labute approximate surface area is 96.1 Å². The maximum atomic E-state index is 10.6. The van der Waals surface area contributed by atoms with Gasteiger partial charge in [-0.15, -0.1) is 0 Å². The first-order chi connectivity index (χ1) is 7.74. The van der Waals surface area contributed by atoms with Crippen molar-refractivity contribution in [3.63, 3.8) is 0 Å². The predicted octanol–water partition coefficient (Wildman–Crippen LogP) is 0.635. The molecule has 2 unspecified atom stereocenters. The summed E-state index contributed by atoms with van der Waals surface area (Å²) < 4.78 is 10.6. The molecule has 16 heavy (non-hydrogen) atoms. The lowest BCUT2D eigenvalue weighted by Gasteiger charge is -2.12. The Morgan fingerprint density at radius 3 is 3.00 bits per heavy atom. The molecule has 5 heteroatoms. The van der Waals surface area contributed by atoms with Crippen LogP contribution in [0.3, 0.4) is 0 Å². The van der Waals surface area contributed by atoms with Crippen molar-refractivity contribution in [3.05, 3.63) is 0 Å². The van der Waals surface area contributed by atoms with Crippen molar-refractivity contribution >= 4 is 5.97 Å². The predicted molar refractivity (Wildman–Crippen MR) is 59.5 cm³/mol. The molecule has 0 bridgehead atoms. The van der Waals surface area contributed by atoms with Crippen molar-refractivity contribution in [2.45, 2.75) is 38.4 Å². The van der Waals surface area contributed by atoms with Gasteiger partial charge in [0.25, 0.3) is 0 Å². The second-order valence-corrected chi connectivity index (χ2v) is 3.92. The zero-order chi connectivity index (χ0) is 11.8. The van der Waals surface area contributed by atoms with Crippen molar-refractivity contribution in [3.8, 4) is 0 Å². The minimum absolute atomic E-state index is 0.0493. The Bertz CT molecular complexity index is 210. The highest BCUT2D eigenvalue weighted by atomic mass is 16.5. The van der Waals surface area contributed by atoms with E-state index in [2.05, 4.69) is 5.32 Å². The van der Waals surface area contributed by atoms with Crippen molar-refractivity contribution in [2.75, 3.05) is 26.3 Å². The summed E-state index contributed by atoms with van der Waals surface area (Å²) in [6.07, 6.45) is 1.88. The zero-order valence-electron chi connectivity index (χ0n) is 9.78. The van der Waals surface area contributed by atoms with Gasteiger partial charge in [-0.3, -0.25) is 0 Å². The Kier molecular flexibility index (Phi) is 6.37. The van der Waals surface area contributed by atoms with Crippen LogP contribution in [0.2, 0.25) is 0 Å². The number of hydrogen-bond acceptors (Lipinski definition) is 4. The van der Waals surface area contributed by atoms with Crippen molar-refractivity contribution < 1.29 is 19.4 Å². The van der Waals surface area contributed by atoms with E-state index in [0.29, 0.717) is 6.42 Å². The third-order valence-electron chi connectivity index (χ3n) is 2.60. The first-order valence-corrected chi connectivity index (χ1v) is 5.90.